The molecule has 0 aliphatic heterocycles. The van der Waals surface area contributed by atoms with Gasteiger partial charge < -0.3 is 5.73 Å². The van der Waals surface area contributed by atoms with Crippen LogP contribution in [0.2, 0.25) is 0 Å². The van der Waals surface area contributed by atoms with Gasteiger partial charge in [-0.3, -0.25) is 0 Å². The molecule has 1 atom stereocenters. The highest BCUT2D eigenvalue weighted by Gasteiger charge is 2.11. The van der Waals surface area contributed by atoms with Gasteiger partial charge in [0.2, 0.25) is 0 Å². The van der Waals surface area contributed by atoms with Gasteiger partial charge in [-0.15, -0.1) is 11.3 Å². The quantitative estimate of drug-likeness (QED) is 0.827. The number of hydrogen-bond acceptors (Lipinski definition) is 2. The maximum atomic E-state index is 5.86. The van der Waals surface area contributed by atoms with Crippen molar-refractivity contribution in [2.24, 2.45) is 5.73 Å². The molecule has 1 heterocycles. The van der Waals surface area contributed by atoms with E-state index in [0.29, 0.717) is 0 Å². The van der Waals surface area contributed by atoms with Crippen LogP contribution >= 0.6 is 27.3 Å². The summed E-state index contributed by atoms with van der Waals surface area (Å²) in [5, 5.41) is 1.26. The smallest absolute Gasteiger partial charge is 0.0409 e. The van der Waals surface area contributed by atoms with E-state index in [1.54, 1.807) is 11.3 Å². The summed E-state index contributed by atoms with van der Waals surface area (Å²) >= 11 is 5.34. The van der Waals surface area contributed by atoms with Crippen LogP contribution in [0.5, 0.6) is 0 Å². The van der Waals surface area contributed by atoms with Gasteiger partial charge in [0.25, 0.3) is 0 Å². The van der Waals surface area contributed by atoms with Crippen molar-refractivity contribution < 1.29 is 0 Å². The zero-order chi connectivity index (χ0) is 9.42. The van der Waals surface area contributed by atoms with Gasteiger partial charge in [-0.05, 0) is 28.9 Å². The highest BCUT2D eigenvalue weighted by Crippen LogP contribution is 2.37. The molecule has 0 aliphatic rings. The van der Waals surface area contributed by atoms with Crippen LogP contribution in [0.3, 0.4) is 0 Å². The van der Waals surface area contributed by atoms with Gasteiger partial charge in [0.15, 0.2) is 0 Å². The zero-order valence-electron chi connectivity index (χ0n) is 7.25. The molecule has 2 rings (SSSR count). The highest BCUT2D eigenvalue weighted by atomic mass is 79.9. The molecule has 0 aliphatic carbocycles. The van der Waals surface area contributed by atoms with E-state index in [1.807, 2.05) is 13.0 Å². The van der Waals surface area contributed by atoms with E-state index in [4.69, 9.17) is 5.73 Å². The number of fused-ring (bicyclic) bond motifs is 1. The maximum absolute atomic E-state index is 5.86. The first-order chi connectivity index (χ1) is 6.20. The molecule has 1 nitrogen and oxygen atoms in total. The summed E-state index contributed by atoms with van der Waals surface area (Å²) in [5.41, 5.74) is 5.86. The Morgan fingerprint density at radius 1 is 1.38 bits per heavy atom. The Bertz CT molecular complexity index is 433. The number of thiophene rings is 1. The summed E-state index contributed by atoms with van der Waals surface area (Å²) in [6.07, 6.45) is 0. The Kier molecular flexibility index (Phi) is 2.41. The van der Waals surface area contributed by atoms with Gasteiger partial charge in [0, 0.05) is 25.5 Å². The maximum Gasteiger partial charge on any atom is 0.0409 e. The average Bonchev–Trinajstić information content (AvgIpc) is 2.45. The molecule has 0 saturated heterocycles. The van der Waals surface area contributed by atoms with E-state index in [0.717, 1.165) is 4.47 Å². The van der Waals surface area contributed by atoms with Crippen molar-refractivity contribution in [2.45, 2.75) is 13.0 Å². The Hall–Kier alpha value is -0.380. The van der Waals surface area contributed by atoms with E-state index in [2.05, 4.69) is 34.1 Å². The SMILES string of the molecule is C[C@H](N)c1sc2ccccc2c1Br. The summed E-state index contributed by atoms with van der Waals surface area (Å²) in [6, 6.07) is 8.44. The second-order valence-corrected chi connectivity index (χ2v) is 4.94. The van der Waals surface area contributed by atoms with Crippen molar-refractivity contribution in [3.8, 4) is 0 Å². The second kappa shape index (κ2) is 3.40. The Morgan fingerprint density at radius 3 is 2.69 bits per heavy atom. The van der Waals surface area contributed by atoms with Crippen molar-refractivity contribution in [1.29, 1.82) is 0 Å². The minimum atomic E-state index is 0.103. The normalized spacial score (nSPS) is 13.5. The monoisotopic (exact) mass is 255 g/mol. The van der Waals surface area contributed by atoms with Gasteiger partial charge in [0.1, 0.15) is 0 Å². The lowest BCUT2D eigenvalue weighted by Crippen LogP contribution is -2.02. The molecule has 0 fully saturated rings. The molecule has 3 heteroatoms. The largest absolute Gasteiger partial charge is 0.323 e. The van der Waals surface area contributed by atoms with Gasteiger partial charge >= 0.3 is 0 Å². The molecule has 1 aromatic heterocycles. The third kappa shape index (κ3) is 1.52. The van der Waals surface area contributed by atoms with Crippen molar-refractivity contribution in [2.75, 3.05) is 0 Å². The minimum Gasteiger partial charge on any atom is -0.323 e. The molecule has 0 amide bonds. The molecule has 1 aromatic carbocycles. The van der Waals surface area contributed by atoms with Crippen LogP contribution in [0.25, 0.3) is 10.1 Å². The van der Waals surface area contributed by atoms with E-state index in [1.165, 1.54) is 15.0 Å². The van der Waals surface area contributed by atoms with Crippen LogP contribution in [0.4, 0.5) is 0 Å². The molecule has 68 valence electrons. The highest BCUT2D eigenvalue weighted by molar-refractivity contribution is 9.10. The molecule has 0 saturated carbocycles. The number of nitrogens with two attached hydrogens (primary N) is 1. The molecule has 0 bridgehead atoms. The van der Waals surface area contributed by atoms with E-state index in [-0.39, 0.29) is 6.04 Å². The van der Waals surface area contributed by atoms with Crippen LogP contribution in [0.1, 0.15) is 17.8 Å². The van der Waals surface area contributed by atoms with Gasteiger partial charge in [-0.1, -0.05) is 18.2 Å². The predicted molar refractivity (Wildman–Crippen MR) is 62.1 cm³/mol. The molecule has 2 N–H and O–H groups in total. The lowest BCUT2D eigenvalue weighted by Gasteiger charge is -2.00. The van der Waals surface area contributed by atoms with Gasteiger partial charge in [-0.25, -0.2) is 0 Å². The molecular formula is C10H10BrNS. The molecule has 2 aromatic rings. The van der Waals surface area contributed by atoms with Crippen LogP contribution in [0.15, 0.2) is 28.7 Å². The van der Waals surface area contributed by atoms with Gasteiger partial charge in [-0.2, -0.15) is 0 Å². The van der Waals surface area contributed by atoms with Gasteiger partial charge in [0.05, 0.1) is 0 Å². The number of rotatable bonds is 1. The number of hydrogen-bond donors (Lipinski definition) is 1. The Balaban J connectivity index is 2.74. The van der Waals surface area contributed by atoms with Crippen LogP contribution < -0.4 is 5.73 Å². The average molecular weight is 256 g/mol. The zero-order valence-corrected chi connectivity index (χ0v) is 9.65. The summed E-state index contributed by atoms with van der Waals surface area (Å²) in [4.78, 5) is 1.22. The third-order valence-corrected chi connectivity index (χ3v) is 4.46. The summed E-state index contributed by atoms with van der Waals surface area (Å²) in [6.45, 7) is 2.01. The Morgan fingerprint density at radius 2 is 2.08 bits per heavy atom. The molecular weight excluding hydrogens is 246 g/mol. The predicted octanol–water partition coefficient (Wildman–Crippen LogP) is 3.68. The van der Waals surface area contributed by atoms with E-state index in [9.17, 15) is 0 Å². The lowest BCUT2D eigenvalue weighted by molar-refractivity contribution is 0.835. The van der Waals surface area contributed by atoms with Crippen LogP contribution in [-0.4, -0.2) is 0 Å². The first-order valence-electron chi connectivity index (χ1n) is 4.12. The van der Waals surface area contributed by atoms with Crippen molar-refractivity contribution >= 4 is 37.4 Å². The van der Waals surface area contributed by atoms with Crippen LogP contribution in [0, 0.1) is 0 Å². The van der Waals surface area contributed by atoms with Crippen molar-refractivity contribution in [3.05, 3.63) is 33.6 Å². The summed E-state index contributed by atoms with van der Waals surface area (Å²) in [7, 11) is 0. The molecule has 0 unspecified atom stereocenters. The standard InChI is InChI=1S/C10H10BrNS/c1-6(12)10-9(11)7-4-2-3-5-8(7)13-10/h2-6H,12H2,1H3/t6-/m0/s1. The molecule has 0 radical (unpaired) electrons. The number of halogens is 1. The number of benzene rings is 1. The molecule has 13 heavy (non-hydrogen) atoms. The second-order valence-electron chi connectivity index (χ2n) is 3.07. The summed E-state index contributed by atoms with van der Waals surface area (Å²) in [5.74, 6) is 0. The van der Waals surface area contributed by atoms with Crippen LogP contribution in [-0.2, 0) is 0 Å². The first-order valence-corrected chi connectivity index (χ1v) is 5.73. The fourth-order valence-corrected chi connectivity index (χ4v) is 3.46. The van der Waals surface area contributed by atoms with E-state index < -0.39 is 0 Å². The van der Waals surface area contributed by atoms with Crippen molar-refractivity contribution in [1.82, 2.24) is 0 Å². The fourth-order valence-electron chi connectivity index (χ4n) is 1.33. The molecule has 0 spiro atoms. The summed E-state index contributed by atoms with van der Waals surface area (Å²) < 4.78 is 2.45. The van der Waals surface area contributed by atoms with E-state index >= 15 is 0 Å². The Labute approximate surface area is 89.7 Å². The third-order valence-electron chi connectivity index (χ3n) is 1.97. The fraction of sp³-hybridized carbons (Fsp3) is 0.200. The minimum absolute atomic E-state index is 0.103. The topological polar surface area (TPSA) is 26.0 Å². The lowest BCUT2D eigenvalue weighted by atomic mass is 10.2. The first kappa shape index (κ1) is 9.19. The van der Waals surface area contributed by atoms with Crippen molar-refractivity contribution in [3.63, 3.8) is 0 Å².